The summed E-state index contributed by atoms with van der Waals surface area (Å²) in [6, 6.07) is -1.05. The Morgan fingerprint density at radius 3 is 2.45 bits per heavy atom. The number of carbonyl (C=O) groups excluding carboxylic acids is 1. The van der Waals surface area contributed by atoms with Crippen LogP contribution >= 0.6 is 0 Å². The van der Waals surface area contributed by atoms with E-state index in [-0.39, 0.29) is 17.9 Å². The molecule has 0 heterocycles. The zero-order valence-electron chi connectivity index (χ0n) is 11.6. The highest BCUT2D eigenvalue weighted by molar-refractivity contribution is 7.92. The first-order chi connectivity index (χ1) is 9.18. The van der Waals surface area contributed by atoms with Crippen molar-refractivity contribution in [2.24, 2.45) is 5.73 Å². The van der Waals surface area contributed by atoms with Crippen LogP contribution in [-0.2, 0) is 24.5 Å². The zero-order valence-corrected chi connectivity index (χ0v) is 13.3. The molecule has 7 nitrogen and oxygen atoms in total. The Morgan fingerprint density at radius 2 is 1.95 bits per heavy atom. The minimum atomic E-state index is -3.60. The number of unbranched alkanes of at least 4 members (excludes halogenated alkanes) is 1. The predicted octanol–water partition coefficient (Wildman–Crippen LogP) is 0.159. The third-order valence-electron chi connectivity index (χ3n) is 3.13. The first-order valence-electron chi connectivity index (χ1n) is 6.73. The highest BCUT2D eigenvalue weighted by atomic mass is 32.2. The first kappa shape index (κ1) is 17.4. The highest BCUT2D eigenvalue weighted by Gasteiger charge is 2.37. The number of rotatable bonds is 9. The summed E-state index contributed by atoms with van der Waals surface area (Å²) in [5, 5.41) is -0.483. The van der Waals surface area contributed by atoms with Crippen LogP contribution in [0.4, 0.5) is 0 Å². The molecular weight excluding hydrogens is 302 g/mol. The number of carbonyl (C=O) groups is 1. The lowest BCUT2D eigenvalue weighted by Crippen LogP contribution is -2.45. The summed E-state index contributed by atoms with van der Waals surface area (Å²) in [7, 11) is -6.33. The SMILES string of the molecule is CCCCS(=N)(=O)CC[C@H](N)C(=O)NS(=O)(=O)C1CC1. The number of amides is 1. The van der Waals surface area contributed by atoms with Crippen molar-refractivity contribution in [3.8, 4) is 0 Å². The van der Waals surface area contributed by atoms with E-state index in [0.717, 1.165) is 6.42 Å². The van der Waals surface area contributed by atoms with E-state index < -0.39 is 37.0 Å². The summed E-state index contributed by atoms with van der Waals surface area (Å²) >= 11 is 0. The molecule has 1 fully saturated rings. The van der Waals surface area contributed by atoms with Gasteiger partial charge in [0.1, 0.15) is 0 Å². The molecule has 9 heteroatoms. The Balaban J connectivity index is 2.42. The Kier molecular flexibility index (Phi) is 5.96. The van der Waals surface area contributed by atoms with Gasteiger partial charge in [0.15, 0.2) is 0 Å². The van der Waals surface area contributed by atoms with Gasteiger partial charge in [-0.25, -0.2) is 12.6 Å². The van der Waals surface area contributed by atoms with Gasteiger partial charge in [0.05, 0.1) is 11.3 Å². The van der Waals surface area contributed by atoms with Crippen LogP contribution in [0.1, 0.15) is 39.0 Å². The van der Waals surface area contributed by atoms with Gasteiger partial charge in [-0.05, 0) is 25.7 Å². The summed E-state index contributed by atoms with van der Waals surface area (Å²) in [6.45, 7) is 1.94. The Morgan fingerprint density at radius 1 is 1.35 bits per heavy atom. The fourth-order valence-corrected chi connectivity index (χ4v) is 4.55. The summed E-state index contributed by atoms with van der Waals surface area (Å²) in [6.07, 6.45) is 2.73. The zero-order chi connectivity index (χ0) is 15.4. The van der Waals surface area contributed by atoms with Gasteiger partial charge in [0, 0.05) is 21.2 Å². The van der Waals surface area contributed by atoms with Crippen LogP contribution in [0.25, 0.3) is 0 Å². The van der Waals surface area contributed by atoms with Crippen LogP contribution in [0.3, 0.4) is 0 Å². The maximum absolute atomic E-state index is 11.8. The van der Waals surface area contributed by atoms with Crippen molar-refractivity contribution in [3.63, 3.8) is 0 Å². The van der Waals surface area contributed by atoms with Gasteiger partial charge in [0.25, 0.3) is 0 Å². The molecule has 118 valence electrons. The summed E-state index contributed by atoms with van der Waals surface area (Å²) in [4.78, 5) is 11.7. The molecule has 0 aromatic carbocycles. The Labute approximate surface area is 120 Å². The normalized spacial score (nSPS) is 20.1. The summed E-state index contributed by atoms with van der Waals surface area (Å²) in [5.74, 6) is -0.467. The topological polar surface area (TPSA) is 130 Å². The number of nitrogens with one attached hydrogen (secondary N) is 2. The fraction of sp³-hybridized carbons (Fsp3) is 0.909. The van der Waals surface area contributed by atoms with Crippen molar-refractivity contribution in [1.29, 1.82) is 4.78 Å². The average molecular weight is 325 g/mol. The smallest absolute Gasteiger partial charge is 0.250 e. The molecule has 0 radical (unpaired) electrons. The molecule has 1 amide bonds. The fourth-order valence-electron chi connectivity index (χ4n) is 1.61. The van der Waals surface area contributed by atoms with Gasteiger partial charge in [-0.2, -0.15) is 0 Å². The lowest BCUT2D eigenvalue weighted by molar-refractivity contribution is -0.120. The Hall–Kier alpha value is -0.670. The van der Waals surface area contributed by atoms with Crippen molar-refractivity contribution in [2.45, 2.75) is 50.3 Å². The number of sulfonamides is 1. The van der Waals surface area contributed by atoms with E-state index in [0.29, 0.717) is 19.3 Å². The second-order valence-electron chi connectivity index (χ2n) is 5.18. The minimum Gasteiger partial charge on any atom is -0.320 e. The van der Waals surface area contributed by atoms with E-state index in [1.807, 2.05) is 11.6 Å². The Bertz CT molecular complexity index is 538. The molecule has 0 saturated heterocycles. The summed E-state index contributed by atoms with van der Waals surface area (Å²) < 4.78 is 44.6. The molecule has 2 atom stereocenters. The van der Waals surface area contributed by atoms with Gasteiger partial charge >= 0.3 is 0 Å². The van der Waals surface area contributed by atoms with Gasteiger partial charge in [-0.1, -0.05) is 13.3 Å². The maximum atomic E-state index is 11.8. The van der Waals surface area contributed by atoms with Crippen LogP contribution in [0.5, 0.6) is 0 Å². The largest absolute Gasteiger partial charge is 0.320 e. The highest BCUT2D eigenvalue weighted by Crippen LogP contribution is 2.27. The van der Waals surface area contributed by atoms with Crippen LogP contribution in [0, 0.1) is 4.78 Å². The molecule has 1 saturated carbocycles. The van der Waals surface area contributed by atoms with E-state index >= 15 is 0 Å². The molecule has 1 aliphatic rings. The molecular formula is C11H23N3O4S2. The third-order valence-corrected chi connectivity index (χ3v) is 6.81. The van der Waals surface area contributed by atoms with E-state index in [4.69, 9.17) is 10.5 Å². The number of hydrogen-bond acceptors (Lipinski definition) is 6. The molecule has 0 aromatic rings. The molecule has 1 rings (SSSR count). The summed E-state index contributed by atoms with van der Waals surface area (Å²) in [5.41, 5.74) is 5.60. The second-order valence-corrected chi connectivity index (χ2v) is 9.58. The first-order valence-corrected chi connectivity index (χ1v) is 10.2. The minimum absolute atomic E-state index is 0.0189. The lowest BCUT2D eigenvalue weighted by atomic mass is 10.2. The average Bonchev–Trinajstić information content (AvgIpc) is 3.17. The monoisotopic (exact) mass is 325 g/mol. The van der Waals surface area contributed by atoms with Gasteiger partial charge in [-0.3, -0.25) is 14.3 Å². The third kappa shape index (κ3) is 5.76. The van der Waals surface area contributed by atoms with E-state index in [2.05, 4.69) is 0 Å². The molecule has 0 bridgehead atoms. The van der Waals surface area contributed by atoms with Crippen LogP contribution in [0.15, 0.2) is 0 Å². The molecule has 0 spiro atoms. The molecule has 1 unspecified atom stereocenters. The van der Waals surface area contributed by atoms with E-state index in [1.165, 1.54) is 0 Å². The van der Waals surface area contributed by atoms with Gasteiger partial charge in [0.2, 0.25) is 15.9 Å². The molecule has 0 aromatic heterocycles. The molecule has 0 aliphatic heterocycles. The molecule has 4 N–H and O–H groups in total. The van der Waals surface area contributed by atoms with Crippen LogP contribution in [0.2, 0.25) is 0 Å². The standard InChI is InChI=1S/C11H23N3O4S2/c1-2-3-7-19(13,16)8-6-10(12)11(15)14-20(17,18)9-4-5-9/h9-10,13H,2-8,12H2,1H3,(H,14,15)/t10-,19?/m0/s1. The second kappa shape index (κ2) is 6.86. The molecule has 1 aliphatic carbocycles. The van der Waals surface area contributed by atoms with Gasteiger partial charge < -0.3 is 5.73 Å². The van der Waals surface area contributed by atoms with Crippen molar-refractivity contribution in [1.82, 2.24) is 4.72 Å². The van der Waals surface area contributed by atoms with Crippen molar-refractivity contribution in [3.05, 3.63) is 0 Å². The number of hydrogen-bond donors (Lipinski definition) is 3. The van der Waals surface area contributed by atoms with Gasteiger partial charge in [-0.15, -0.1) is 0 Å². The van der Waals surface area contributed by atoms with E-state index in [1.54, 1.807) is 0 Å². The predicted molar refractivity (Wildman–Crippen MR) is 78.2 cm³/mol. The number of nitrogens with two attached hydrogens (primary N) is 1. The van der Waals surface area contributed by atoms with Crippen molar-refractivity contribution in [2.75, 3.05) is 11.5 Å². The van der Waals surface area contributed by atoms with Crippen LogP contribution in [-0.4, -0.2) is 41.3 Å². The maximum Gasteiger partial charge on any atom is 0.250 e. The van der Waals surface area contributed by atoms with Crippen molar-refractivity contribution >= 4 is 25.7 Å². The quantitative estimate of drug-likeness (QED) is 0.556. The lowest BCUT2D eigenvalue weighted by Gasteiger charge is -2.13. The van der Waals surface area contributed by atoms with Crippen molar-refractivity contribution < 1.29 is 17.4 Å². The van der Waals surface area contributed by atoms with Crippen LogP contribution < -0.4 is 10.5 Å². The molecule has 20 heavy (non-hydrogen) atoms. The van der Waals surface area contributed by atoms with E-state index in [9.17, 15) is 17.4 Å².